The zero-order valence-corrected chi connectivity index (χ0v) is 8.83. The van der Waals surface area contributed by atoms with E-state index in [1.165, 1.54) is 12.8 Å². The Hall–Kier alpha value is -0.960. The van der Waals surface area contributed by atoms with E-state index in [0.29, 0.717) is 18.4 Å². The number of hydrogen-bond acceptors (Lipinski definition) is 3. The first kappa shape index (κ1) is 9.59. The molecule has 2 N–H and O–H groups in total. The lowest BCUT2D eigenvalue weighted by atomic mass is 10.1. The average molecular weight is 191 g/mol. The Morgan fingerprint density at radius 3 is 2.64 bits per heavy atom. The summed E-state index contributed by atoms with van der Waals surface area (Å²) in [5.74, 6) is 2.08. The van der Waals surface area contributed by atoms with Crippen LogP contribution in [-0.2, 0) is 6.54 Å². The molecule has 0 saturated heterocycles. The Labute approximate surface area is 84.8 Å². The van der Waals surface area contributed by atoms with E-state index in [2.05, 4.69) is 23.8 Å². The van der Waals surface area contributed by atoms with Crippen molar-refractivity contribution in [3.8, 4) is 0 Å². The second-order valence-corrected chi connectivity index (χ2v) is 4.28. The van der Waals surface area contributed by atoms with Crippen molar-refractivity contribution in [2.45, 2.75) is 45.1 Å². The Morgan fingerprint density at radius 1 is 1.43 bits per heavy atom. The van der Waals surface area contributed by atoms with Crippen LogP contribution in [0.15, 0.2) is 6.07 Å². The number of aromatic nitrogens is 2. The van der Waals surface area contributed by atoms with Crippen LogP contribution >= 0.6 is 0 Å². The van der Waals surface area contributed by atoms with Gasteiger partial charge >= 0.3 is 0 Å². The van der Waals surface area contributed by atoms with Gasteiger partial charge in [-0.1, -0.05) is 13.8 Å². The van der Waals surface area contributed by atoms with Crippen LogP contribution in [0.1, 0.15) is 55.7 Å². The van der Waals surface area contributed by atoms with Crippen LogP contribution in [0.25, 0.3) is 0 Å². The summed E-state index contributed by atoms with van der Waals surface area (Å²) in [6.45, 7) is 4.82. The molecule has 1 heterocycles. The minimum absolute atomic E-state index is 0.459. The second kappa shape index (κ2) is 3.65. The molecule has 0 unspecified atom stereocenters. The number of rotatable bonds is 3. The highest BCUT2D eigenvalue weighted by Gasteiger charge is 2.27. The first-order chi connectivity index (χ1) is 6.70. The summed E-state index contributed by atoms with van der Waals surface area (Å²) < 4.78 is 0. The van der Waals surface area contributed by atoms with E-state index in [4.69, 9.17) is 5.73 Å². The molecule has 1 fully saturated rings. The number of hydrogen-bond donors (Lipinski definition) is 1. The summed E-state index contributed by atoms with van der Waals surface area (Å²) in [6, 6.07) is 2.02. The molecule has 1 aromatic rings. The molecule has 1 saturated carbocycles. The van der Waals surface area contributed by atoms with Crippen molar-refractivity contribution >= 4 is 0 Å². The molecular weight excluding hydrogens is 174 g/mol. The smallest absolute Gasteiger partial charge is 0.132 e. The second-order valence-electron chi connectivity index (χ2n) is 4.28. The van der Waals surface area contributed by atoms with Gasteiger partial charge < -0.3 is 5.73 Å². The van der Waals surface area contributed by atoms with Crippen molar-refractivity contribution in [3.63, 3.8) is 0 Å². The SMILES string of the molecule is CC(C)c1cc(CN)nc(C2CC2)n1. The molecule has 1 aliphatic carbocycles. The summed E-state index contributed by atoms with van der Waals surface area (Å²) in [6.07, 6.45) is 2.48. The summed E-state index contributed by atoms with van der Waals surface area (Å²) >= 11 is 0. The molecule has 1 aromatic heterocycles. The maximum absolute atomic E-state index is 5.62. The minimum Gasteiger partial charge on any atom is -0.325 e. The maximum atomic E-state index is 5.62. The summed E-state index contributed by atoms with van der Waals surface area (Å²) in [5, 5.41) is 0. The van der Waals surface area contributed by atoms with Gasteiger partial charge in [-0.25, -0.2) is 9.97 Å². The first-order valence-electron chi connectivity index (χ1n) is 5.28. The zero-order chi connectivity index (χ0) is 10.1. The third-order valence-electron chi connectivity index (χ3n) is 2.56. The van der Waals surface area contributed by atoms with Crippen LogP contribution in [0, 0.1) is 0 Å². The predicted octanol–water partition coefficient (Wildman–Crippen LogP) is 1.94. The van der Waals surface area contributed by atoms with E-state index >= 15 is 0 Å². The van der Waals surface area contributed by atoms with Crippen LogP contribution < -0.4 is 5.73 Å². The highest BCUT2D eigenvalue weighted by atomic mass is 14.9. The zero-order valence-electron chi connectivity index (χ0n) is 8.83. The van der Waals surface area contributed by atoms with Gasteiger partial charge in [0.1, 0.15) is 5.82 Å². The number of nitrogens with two attached hydrogens (primary N) is 1. The summed E-state index contributed by atoms with van der Waals surface area (Å²) in [4.78, 5) is 9.04. The molecule has 1 aliphatic rings. The maximum Gasteiger partial charge on any atom is 0.132 e. The predicted molar refractivity (Wildman–Crippen MR) is 56.0 cm³/mol. The van der Waals surface area contributed by atoms with Crippen LogP contribution in [0.4, 0.5) is 0 Å². The topological polar surface area (TPSA) is 51.8 Å². The number of nitrogens with zero attached hydrogens (tertiary/aromatic N) is 2. The molecule has 76 valence electrons. The van der Waals surface area contributed by atoms with Gasteiger partial charge in [0.25, 0.3) is 0 Å². The van der Waals surface area contributed by atoms with Gasteiger partial charge in [0.15, 0.2) is 0 Å². The largest absolute Gasteiger partial charge is 0.325 e. The Morgan fingerprint density at radius 2 is 2.14 bits per heavy atom. The molecule has 3 nitrogen and oxygen atoms in total. The summed E-state index contributed by atoms with van der Waals surface area (Å²) in [7, 11) is 0. The fourth-order valence-electron chi connectivity index (χ4n) is 1.46. The van der Waals surface area contributed by atoms with Crippen LogP contribution in [0.2, 0.25) is 0 Å². The fraction of sp³-hybridized carbons (Fsp3) is 0.636. The van der Waals surface area contributed by atoms with E-state index in [1.54, 1.807) is 0 Å². The van der Waals surface area contributed by atoms with Gasteiger partial charge in [-0.3, -0.25) is 0 Å². The molecular formula is C11H17N3. The third-order valence-corrected chi connectivity index (χ3v) is 2.56. The van der Waals surface area contributed by atoms with Gasteiger partial charge in [0.2, 0.25) is 0 Å². The molecule has 0 spiro atoms. The normalized spacial score (nSPS) is 16.3. The molecule has 0 aromatic carbocycles. The lowest BCUT2D eigenvalue weighted by Gasteiger charge is -2.08. The highest BCUT2D eigenvalue weighted by Crippen LogP contribution is 2.38. The van der Waals surface area contributed by atoms with E-state index in [-0.39, 0.29) is 0 Å². The quantitative estimate of drug-likeness (QED) is 0.794. The van der Waals surface area contributed by atoms with E-state index in [9.17, 15) is 0 Å². The van der Waals surface area contributed by atoms with Crippen LogP contribution in [-0.4, -0.2) is 9.97 Å². The Balaban J connectivity index is 2.35. The van der Waals surface area contributed by atoms with Gasteiger partial charge in [0.05, 0.1) is 5.69 Å². The fourth-order valence-corrected chi connectivity index (χ4v) is 1.46. The van der Waals surface area contributed by atoms with Gasteiger partial charge in [-0.2, -0.15) is 0 Å². The molecule has 0 bridgehead atoms. The monoisotopic (exact) mass is 191 g/mol. The molecule has 14 heavy (non-hydrogen) atoms. The van der Waals surface area contributed by atoms with Crippen molar-refractivity contribution in [1.82, 2.24) is 9.97 Å². The molecule has 3 heteroatoms. The lowest BCUT2D eigenvalue weighted by Crippen LogP contribution is -2.07. The molecule has 0 atom stereocenters. The average Bonchev–Trinajstić information content (AvgIpc) is 3.00. The summed E-state index contributed by atoms with van der Waals surface area (Å²) in [5.41, 5.74) is 7.72. The van der Waals surface area contributed by atoms with Gasteiger partial charge in [0, 0.05) is 18.2 Å². The lowest BCUT2D eigenvalue weighted by molar-refractivity contribution is 0.764. The molecule has 0 aliphatic heterocycles. The van der Waals surface area contributed by atoms with Crippen LogP contribution in [0.5, 0.6) is 0 Å². The van der Waals surface area contributed by atoms with Crippen LogP contribution in [0.3, 0.4) is 0 Å². The van der Waals surface area contributed by atoms with Crippen molar-refractivity contribution in [3.05, 3.63) is 23.3 Å². The minimum atomic E-state index is 0.459. The van der Waals surface area contributed by atoms with Gasteiger partial charge in [-0.15, -0.1) is 0 Å². The third kappa shape index (κ3) is 1.93. The molecule has 0 amide bonds. The van der Waals surface area contributed by atoms with Crippen molar-refractivity contribution in [2.75, 3.05) is 0 Å². The van der Waals surface area contributed by atoms with Gasteiger partial charge in [-0.05, 0) is 24.8 Å². The Kier molecular flexibility index (Phi) is 2.50. The first-order valence-corrected chi connectivity index (χ1v) is 5.28. The molecule has 2 rings (SSSR count). The van der Waals surface area contributed by atoms with Crippen molar-refractivity contribution < 1.29 is 0 Å². The Bertz CT molecular complexity index is 309. The van der Waals surface area contributed by atoms with Crippen molar-refractivity contribution in [2.24, 2.45) is 5.73 Å². The van der Waals surface area contributed by atoms with E-state index in [1.807, 2.05) is 6.07 Å². The highest BCUT2D eigenvalue weighted by molar-refractivity contribution is 5.17. The van der Waals surface area contributed by atoms with Crippen molar-refractivity contribution in [1.29, 1.82) is 0 Å². The van der Waals surface area contributed by atoms with E-state index in [0.717, 1.165) is 17.2 Å². The molecule has 0 radical (unpaired) electrons. The van der Waals surface area contributed by atoms with E-state index < -0.39 is 0 Å². The standard InChI is InChI=1S/C11H17N3/c1-7(2)10-5-9(6-12)13-11(14-10)8-3-4-8/h5,7-8H,3-4,6,12H2,1-2H3.